The van der Waals surface area contributed by atoms with Crippen molar-refractivity contribution in [1.29, 1.82) is 0 Å². The van der Waals surface area contributed by atoms with Gasteiger partial charge < -0.3 is 5.32 Å². The fourth-order valence-electron chi connectivity index (χ4n) is 2.86. The summed E-state index contributed by atoms with van der Waals surface area (Å²) in [6, 6.07) is 8.06. The van der Waals surface area contributed by atoms with Gasteiger partial charge in [0.15, 0.2) is 9.84 Å². The summed E-state index contributed by atoms with van der Waals surface area (Å²) < 4.78 is 23.9. The second-order valence-corrected chi connectivity index (χ2v) is 9.35. The molecule has 1 atom stereocenters. The maximum atomic E-state index is 11.8. The van der Waals surface area contributed by atoms with Gasteiger partial charge in [-0.05, 0) is 30.9 Å². The van der Waals surface area contributed by atoms with Crippen LogP contribution in [0, 0.1) is 5.92 Å². The van der Waals surface area contributed by atoms with E-state index >= 15 is 0 Å². The average molecular weight is 352 g/mol. The molecular formula is C16H20N2O3S2. The van der Waals surface area contributed by atoms with Gasteiger partial charge >= 0.3 is 0 Å². The minimum Gasteiger partial charge on any atom is -0.356 e. The van der Waals surface area contributed by atoms with Gasteiger partial charge in [-0.15, -0.1) is 11.3 Å². The summed E-state index contributed by atoms with van der Waals surface area (Å²) in [5.41, 5.74) is 1.03. The number of para-hydroxylation sites is 1. The summed E-state index contributed by atoms with van der Waals surface area (Å²) in [6.45, 7) is 0.605. The number of rotatable bonds is 6. The van der Waals surface area contributed by atoms with Gasteiger partial charge in [-0.1, -0.05) is 12.1 Å². The van der Waals surface area contributed by atoms with Gasteiger partial charge in [0.2, 0.25) is 5.91 Å². The minimum absolute atomic E-state index is 0.00994. The quantitative estimate of drug-likeness (QED) is 0.809. The van der Waals surface area contributed by atoms with Crippen LogP contribution in [0.5, 0.6) is 0 Å². The van der Waals surface area contributed by atoms with Gasteiger partial charge in [0, 0.05) is 19.4 Å². The molecule has 1 N–H and O–H groups in total. The molecule has 3 rings (SSSR count). The second kappa shape index (κ2) is 6.97. The van der Waals surface area contributed by atoms with E-state index in [0.717, 1.165) is 23.4 Å². The SMILES string of the molecule is O=C(CC1CCS(=O)(=O)C1)NCCCc1nc2ccccc2s1. The number of fused-ring (bicyclic) bond motifs is 1. The van der Waals surface area contributed by atoms with Crippen molar-refractivity contribution >= 4 is 37.3 Å². The van der Waals surface area contributed by atoms with E-state index in [1.54, 1.807) is 11.3 Å². The first kappa shape index (κ1) is 16.4. The molecule has 0 spiro atoms. The topological polar surface area (TPSA) is 76.1 Å². The third-order valence-electron chi connectivity index (χ3n) is 4.03. The van der Waals surface area contributed by atoms with Gasteiger partial charge in [0.25, 0.3) is 0 Å². The Hall–Kier alpha value is -1.47. The number of thiazole rings is 1. The molecule has 1 aromatic carbocycles. The van der Waals surface area contributed by atoms with Crippen molar-refractivity contribution in [3.63, 3.8) is 0 Å². The van der Waals surface area contributed by atoms with E-state index in [1.165, 1.54) is 4.70 Å². The van der Waals surface area contributed by atoms with Crippen LogP contribution in [-0.2, 0) is 21.1 Å². The Balaban J connectivity index is 1.38. The average Bonchev–Trinajstić information content (AvgIpc) is 3.06. The van der Waals surface area contributed by atoms with Crippen LogP contribution in [0.4, 0.5) is 0 Å². The van der Waals surface area contributed by atoms with E-state index < -0.39 is 9.84 Å². The predicted molar refractivity (Wildman–Crippen MR) is 92.3 cm³/mol. The van der Waals surface area contributed by atoms with Crippen molar-refractivity contribution in [2.45, 2.75) is 25.7 Å². The number of aromatic nitrogens is 1. The highest BCUT2D eigenvalue weighted by atomic mass is 32.2. The molecule has 2 heterocycles. The monoisotopic (exact) mass is 352 g/mol. The number of hydrogen-bond donors (Lipinski definition) is 1. The lowest BCUT2D eigenvalue weighted by molar-refractivity contribution is -0.121. The minimum atomic E-state index is -2.90. The van der Waals surface area contributed by atoms with Crippen molar-refractivity contribution in [3.05, 3.63) is 29.3 Å². The first-order valence-electron chi connectivity index (χ1n) is 7.83. The van der Waals surface area contributed by atoms with Gasteiger partial charge in [-0.25, -0.2) is 13.4 Å². The van der Waals surface area contributed by atoms with Gasteiger partial charge in [-0.2, -0.15) is 0 Å². The Bertz CT molecular complexity index is 766. The molecule has 5 nitrogen and oxygen atoms in total. The maximum Gasteiger partial charge on any atom is 0.220 e. The molecule has 1 aliphatic heterocycles. The molecule has 1 amide bonds. The maximum absolute atomic E-state index is 11.8. The number of hydrogen-bond acceptors (Lipinski definition) is 5. The Morgan fingerprint density at radius 2 is 2.17 bits per heavy atom. The zero-order valence-electron chi connectivity index (χ0n) is 12.8. The summed E-state index contributed by atoms with van der Waals surface area (Å²) in [6.07, 6.45) is 2.62. The highest BCUT2D eigenvalue weighted by Crippen LogP contribution is 2.23. The molecule has 1 fully saturated rings. The zero-order valence-corrected chi connectivity index (χ0v) is 14.5. The Kier molecular flexibility index (Phi) is 4.96. The van der Waals surface area contributed by atoms with Crippen molar-refractivity contribution in [2.75, 3.05) is 18.1 Å². The third-order valence-corrected chi connectivity index (χ3v) is 6.96. The molecule has 1 aliphatic rings. The summed E-state index contributed by atoms with van der Waals surface area (Å²) in [7, 11) is -2.90. The molecular weight excluding hydrogens is 332 g/mol. The number of sulfone groups is 1. The van der Waals surface area contributed by atoms with E-state index in [9.17, 15) is 13.2 Å². The number of carbonyl (C=O) groups is 1. The Morgan fingerprint density at radius 3 is 2.91 bits per heavy atom. The molecule has 0 saturated carbocycles. The van der Waals surface area contributed by atoms with E-state index in [-0.39, 0.29) is 23.3 Å². The summed E-state index contributed by atoms with van der Waals surface area (Å²) >= 11 is 1.69. The van der Waals surface area contributed by atoms with Crippen LogP contribution >= 0.6 is 11.3 Å². The van der Waals surface area contributed by atoms with Crippen LogP contribution < -0.4 is 5.32 Å². The fourth-order valence-corrected chi connectivity index (χ4v) is 5.73. The molecule has 1 aromatic heterocycles. The number of nitrogens with one attached hydrogen (secondary N) is 1. The highest BCUT2D eigenvalue weighted by molar-refractivity contribution is 7.91. The molecule has 124 valence electrons. The van der Waals surface area contributed by atoms with Gasteiger partial charge in [0.05, 0.1) is 26.7 Å². The standard InChI is InChI=1S/C16H20N2O3S2/c19-15(10-12-7-9-23(20,21)11-12)17-8-3-6-16-18-13-4-1-2-5-14(13)22-16/h1-2,4-5,12H,3,6-11H2,(H,17,19). The summed E-state index contributed by atoms with van der Waals surface area (Å²) in [5.74, 6) is 0.329. The first-order valence-corrected chi connectivity index (χ1v) is 10.5. The lowest BCUT2D eigenvalue weighted by atomic mass is 10.1. The van der Waals surface area contributed by atoms with E-state index in [0.29, 0.717) is 19.4 Å². The smallest absolute Gasteiger partial charge is 0.220 e. The van der Waals surface area contributed by atoms with Crippen LogP contribution in [-0.4, -0.2) is 37.4 Å². The van der Waals surface area contributed by atoms with Crippen LogP contribution in [0.15, 0.2) is 24.3 Å². The highest BCUT2D eigenvalue weighted by Gasteiger charge is 2.29. The van der Waals surface area contributed by atoms with Crippen molar-refractivity contribution < 1.29 is 13.2 Å². The number of aryl methyl sites for hydroxylation is 1. The van der Waals surface area contributed by atoms with E-state index in [1.807, 2.05) is 18.2 Å². The first-order chi connectivity index (χ1) is 11.0. The summed E-state index contributed by atoms with van der Waals surface area (Å²) in [4.78, 5) is 16.4. The van der Waals surface area contributed by atoms with Crippen molar-refractivity contribution in [1.82, 2.24) is 10.3 Å². The van der Waals surface area contributed by atoms with Gasteiger partial charge in [0.1, 0.15) is 0 Å². The molecule has 0 radical (unpaired) electrons. The molecule has 0 bridgehead atoms. The Labute approximate surface area is 140 Å². The van der Waals surface area contributed by atoms with E-state index in [4.69, 9.17) is 0 Å². The van der Waals surface area contributed by atoms with Crippen LogP contribution in [0.1, 0.15) is 24.3 Å². The summed E-state index contributed by atoms with van der Waals surface area (Å²) in [5, 5.41) is 3.97. The number of benzene rings is 1. The normalized spacial score (nSPS) is 19.9. The van der Waals surface area contributed by atoms with Crippen LogP contribution in [0.25, 0.3) is 10.2 Å². The molecule has 1 unspecified atom stereocenters. The predicted octanol–water partition coefficient (Wildman–Crippen LogP) is 2.17. The third kappa shape index (κ3) is 4.51. The van der Waals surface area contributed by atoms with Crippen LogP contribution in [0.2, 0.25) is 0 Å². The zero-order chi connectivity index (χ0) is 16.3. The lowest BCUT2D eigenvalue weighted by Gasteiger charge is -2.08. The molecule has 1 saturated heterocycles. The fraction of sp³-hybridized carbons (Fsp3) is 0.500. The van der Waals surface area contributed by atoms with Crippen molar-refractivity contribution in [2.24, 2.45) is 5.92 Å². The van der Waals surface area contributed by atoms with Gasteiger partial charge in [-0.3, -0.25) is 4.79 Å². The Morgan fingerprint density at radius 1 is 1.35 bits per heavy atom. The van der Waals surface area contributed by atoms with E-state index in [2.05, 4.69) is 16.4 Å². The molecule has 7 heteroatoms. The molecule has 0 aliphatic carbocycles. The number of carbonyl (C=O) groups excluding carboxylic acids is 1. The largest absolute Gasteiger partial charge is 0.356 e. The molecule has 2 aromatic rings. The number of amides is 1. The molecule has 23 heavy (non-hydrogen) atoms. The van der Waals surface area contributed by atoms with Crippen molar-refractivity contribution in [3.8, 4) is 0 Å². The second-order valence-electron chi connectivity index (χ2n) is 6.00. The number of nitrogens with zero attached hydrogens (tertiary/aromatic N) is 1. The lowest BCUT2D eigenvalue weighted by Crippen LogP contribution is -2.27. The van der Waals surface area contributed by atoms with Crippen LogP contribution in [0.3, 0.4) is 0 Å².